The predicted molar refractivity (Wildman–Crippen MR) is 82.8 cm³/mol. The van der Waals surface area contributed by atoms with Gasteiger partial charge in [-0.3, -0.25) is 9.00 Å². The van der Waals surface area contributed by atoms with Crippen molar-refractivity contribution in [1.82, 2.24) is 5.32 Å². The molecule has 0 aliphatic heterocycles. The van der Waals surface area contributed by atoms with E-state index in [1.807, 2.05) is 6.92 Å². The van der Waals surface area contributed by atoms with Gasteiger partial charge in [-0.25, -0.2) is 4.39 Å². The number of nitrogens with two attached hydrogens (primary N) is 1. The molecule has 4 nitrogen and oxygen atoms in total. The van der Waals surface area contributed by atoms with Crippen LogP contribution in [-0.4, -0.2) is 34.7 Å². The van der Waals surface area contributed by atoms with Crippen LogP contribution in [-0.2, 0) is 10.8 Å². The van der Waals surface area contributed by atoms with E-state index in [4.69, 9.17) is 5.73 Å². The molecule has 3 N–H and O–H groups in total. The predicted octanol–water partition coefficient (Wildman–Crippen LogP) is 1.02. The van der Waals surface area contributed by atoms with Crippen LogP contribution in [0.25, 0.3) is 0 Å². The lowest BCUT2D eigenvalue weighted by atomic mass is 10.1. The van der Waals surface area contributed by atoms with Crippen molar-refractivity contribution in [3.8, 4) is 11.8 Å². The Morgan fingerprint density at radius 1 is 1.52 bits per heavy atom. The van der Waals surface area contributed by atoms with Crippen LogP contribution in [0.4, 0.5) is 4.39 Å². The van der Waals surface area contributed by atoms with Crippen LogP contribution >= 0.6 is 0 Å². The first-order chi connectivity index (χ1) is 9.93. The van der Waals surface area contributed by atoms with Gasteiger partial charge in [0.25, 0.3) is 5.91 Å². The highest BCUT2D eigenvalue weighted by Gasteiger charge is 2.12. The molecule has 1 aromatic carbocycles. The average molecular weight is 310 g/mol. The normalized spacial score (nSPS) is 13.0. The van der Waals surface area contributed by atoms with Crippen molar-refractivity contribution in [2.24, 2.45) is 5.73 Å². The number of carbonyl (C=O) groups excluding carboxylic acids is 1. The van der Waals surface area contributed by atoms with Crippen LogP contribution in [0, 0.1) is 17.7 Å². The molecule has 0 saturated carbocycles. The highest BCUT2D eigenvalue weighted by Crippen LogP contribution is 2.10. The molecule has 0 aromatic heterocycles. The number of hydrogen-bond acceptors (Lipinski definition) is 3. The van der Waals surface area contributed by atoms with E-state index in [9.17, 15) is 13.4 Å². The van der Waals surface area contributed by atoms with Crippen molar-refractivity contribution in [3.05, 3.63) is 35.1 Å². The van der Waals surface area contributed by atoms with E-state index >= 15 is 0 Å². The fourth-order valence-electron chi connectivity index (χ4n) is 1.63. The van der Waals surface area contributed by atoms with Crippen molar-refractivity contribution in [3.63, 3.8) is 0 Å². The Kier molecular flexibility index (Phi) is 7.06. The summed E-state index contributed by atoms with van der Waals surface area (Å²) in [5, 5.41) is 2.75. The fraction of sp³-hybridized carbons (Fsp3) is 0.400. The third-order valence-electron chi connectivity index (χ3n) is 2.77. The number of amides is 1. The lowest BCUT2D eigenvalue weighted by Crippen LogP contribution is -2.33. The maximum absolute atomic E-state index is 13.8. The number of rotatable bonds is 5. The van der Waals surface area contributed by atoms with Crippen LogP contribution in [0.2, 0.25) is 0 Å². The maximum atomic E-state index is 13.8. The minimum Gasteiger partial charge on any atom is -0.350 e. The van der Waals surface area contributed by atoms with Crippen molar-refractivity contribution < 1.29 is 13.4 Å². The van der Waals surface area contributed by atoms with Crippen LogP contribution in [0.5, 0.6) is 0 Å². The Morgan fingerprint density at radius 3 is 2.81 bits per heavy atom. The molecule has 21 heavy (non-hydrogen) atoms. The van der Waals surface area contributed by atoms with E-state index in [0.29, 0.717) is 12.2 Å². The highest BCUT2D eigenvalue weighted by molar-refractivity contribution is 7.84. The largest absolute Gasteiger partial charge is 0.350 e. The minimum atomic E-state index is -0.892. The molecule has 1 aromatic rings. The first-order valence-corrected chi connectivity index (χ1v) is 8.26. The first-order valence-electron chi connectivity index (χ1n) is 6.53. The van der Waals surface area contributed by atoms with E-state index in [0.717, 1.165) is 6.07 Å². The second kappa shape index (κ2) is 8.55. The molecule has 0 fully saturated rings. The quantitative estimate of drug-likeness (QED) is 0.798. The highest BCUT2D eigenvalue weighted by atomic mass is 32.2. The summed E-state index contributed by atoms with van der Waals surface area (Å²) < 4.78 is 24.8. The Bertz CT molecular complexity index is 593. The van der Waals surface area contributed by atoms with Gasteiger partial charge in [-0.1, -0.05) is 11.8 Å². The standard InChI is InChI=1S/C15H19FN2O2S/c1-11(7-9-21(2)20)18-15(19)13-6-5-12(4-3-8-17)14(16)10-13/h5-6,10-11H,7-9,17H2,1-2H3,(H,18,19). The molecule has 6 heteroatoms. The monoisotopic (exact) mass is 310 g/mol. The molecule has 2 unspecified atom stereocenters. The number of carbonyl (C=O) groups is 1. The molecule has 2 atom stereocenters. The summed E-state index contributed by atoms with van der Waals surface area (Å²) in [5.74, 6) is 4.77. The molecule has 0 heterocycles. The molecule has 0 spiro atoms. The van der Waals surface area contributed by atoms with Gasteiger partial charge >= 0.3 is 0 Å². The summed E-state index contributed by atoms with van der Waals surface area (Å²) in [6.45, 7) is 1.97. The van der Waals surface area contributed by atoms with Gasteiger partial charge < -0.3 is 11.1 Å². The van der Waals surface area contributed by atoms with Gasteiger partial charge in [0.05, 0.1) is 12.1 Å². The van der Waals surface area contributed by atoms with E-state index in [-0.39, 0.29) is 29.6 Å². The Balaban J connectivity index is 2.70. The molecular formula is C15H19FN2O2S. The van der Waals surface area contributed by atoms with E-state index in [2.05, 4.69) is 17.2 Å². The number of nitrogens with one attached hydrogen (secondary N) is 1. The fourth-order valence-corrected chi connectivity index (χ4v) is 2.31. The Labute approximate surface area is 126 Å². The van der Waals surface area contributed by atoms with Crippen molar-refractivity contribution >= 4 is 16.7 Å². The summed E-state index contributed by atoms with van der Waals surface area (Å²) in [6, 6.07) is 4.00. The molecule has 0 saturated heterocycles. The Morgan fingerprint density at radius 2 is 2.24 bits per heavy atom. The summed E-state index contributed by atoms with van der Waals surface area (Å²) >= 11 is 0. The van der Waals surface area contributed by atoms with Gasteiger partial charge in [0.1, 0.15) is 5.82 Å². The van der Waals surface area contributed by atoms with Gasteiger partial charge in [-0.05, 0) is 31.5 Å². The lowest BCUT2D eigenvalue weighted by Gasteiger charge is -2.13. The summed E-state index contributed by atoms with van der Waals surface area (Å²) in [4.78, 5) is 12.0. The van der Waals surface area contributed by atoms with Gasteiger partial charge in [0.2, 0.25) is 0 Å². The van der Waals surface area contributed by atoms with Crippen molar-refractivity contribution in [2.45, 2.75) is 19.4 Å². The zero-order valence-corrected chi connectivity index (χ0v) is 12.9. The zero-order valence-electron chi connectivity index (χ0n) is 12.1. The van der Waals surface area contributed by atoms with Gasteiger partial charge in [-0.2, -0.15) is 0 Å². The molecule has 0 radical (unpaired) electrons. The summed E-state index contributed by atoms with van der Waals surface area (Å²) in [7, 11) is -0.892. The van der Waals surface area contributed by atoms with E-state index in [1.54, 1.807) is 6.26 Å². The molecule has 0 aliphatic carbocycles. The van der Waals surface area contributed by atoms with E-state index in [1.165, 1.54) is 12.1 Å². The van der Waals surface area contributed by atoms with Crippen LogP contribution in [0.3, 0.4) is 0 Å². The van der Waals surface area contributed by atoms with Crippen molar-refractivity contribution in [2.75, 3.05) is 18.6 Å². The summed E-state index contributed by atoms with van der Waals surface area (Å²) in [6.07, 6.45) is 2.22. The second-order valence-corrected chi connectivity index (χ2v) is 6.20. The smallest absolute Gasteiger partial charge is 0.251 e. The summed E-state index contributed by atoms with van der Waals surface area (Å²) in [5.41, 5.74) is 5.67. The molecule has 1 rings (SSSR count). The SMILES string of the molecule is CC(CCS(C)=O)NC(=O)c1ccc(C#CCN)c(F)c1. The number of benzene rings is 1. The molecule has 114 valence electrons. The number of hydrogen-bond donors (Lipinski definition) is 2. The van der Waals surface area contributed by atoms with Gasteiger partial charge in [0.15, 0.2) is 0 Å². The molecule has 0 bridgehead atoms. The third-order valence-corrected chi connectivity index (χ3v) is 3.58. The minimum absolute atomic E-state index is 0.124. The maximum Gasteiger partial charge on any atom is 0.251 e. The average Bonchev–Trinajstić information content (AvgIpc) is 2.43. The second-order valence-electron chi connectivity index (χ2n) is 4.64. The molecule has 1 amide bonds. The lowest BCUT2D eigenvalue weighted by molar-refractivity contribution is 0.0939. The van der Waals surface area contributed by atoms with Crippen molar-refractivity contribution in [1.29, 1.82) is 0 Å². The van der Waals surface area contributed by atoms with E-state index < -0.39 is 16.6 Å². The topological polar surface area (TPSA) is 72.2 Å². The van der Waals surface area contributed by atoms with Crippen LogP contribution in [0.1, 0.15) is 29.3 Å². The van der Waals surface area contributed by atoms with Gasteiger partial charge in [-0.15, -0.1) is 0 Å². The van der Waals surface area contributed by atoms with Crippen LogP contribution < -0.4 is 11.1 Å². The van der Waals surface area contributed by atoms with Gasteiger partial charge in [0, 0.05) is 34.4 Å². The zero-order chi connectivity index (χ0) is 15.8. The van der Waals surface area contributed by atoms with Crippen LogP contribution in [0.15, 0.2) is 18.2 Å². The Hall–Kier alpha value is -1.71. The number of halogens is 1. The third kappa shape index (κ3) is 6.06. The first kappa shape index (κ1) is 17.3. The molecular weight excluding hydrogens is 291 g/mol. The molecule has 0 aliphatic rings.